The van der Waals surface area contributed by atoms with E-state index in [-0.39, 0.29) is 22.0 Å². The van der Waals surface area contributed by atoms with Crippen LogP contribution in [-0.4, -0.2) is 30.1 Å². The molecule has 0 saturated heterocycles. The Bertz CT molecular complexity index is 735. The number of nitrogens with one attached hydrogen (secondary N) is 1. The van der Waals surface area contributed by atoms with E-state index in [1.54, 1.807) is 0 Å². The van der Waals surface area contributed by atoms with Gasteiger partial charge < -0.3 is 4.52 Å². The molecule has 0 amide bonds. The van der Waals surface area contributed by atoms with Crippen LogP contribution in [0.25, 0.3) is 0 Å². The predicted octanol–water partition coefficient (Wildman–Crippen LogP) is 1.94. The van der Waals surface area contributed by atoms with E-state index in [4.69, 9.17) is 16.1 Å². The van der Waals surface area contributed by atoms with Gasteiger partial charge in [0.05, 0.1) is 0 Å². The van der Waals surface area contributed by atoms with Crippen LogP contribution in [0.15, 0.2) is 27.7 Å². The highest BCUT2D eigenvalue weighted by Crippen LogP contribution is 2.19. The van der Waals surface area contributed by atoms with E-state index in [2.05, 4.69) is 19.8 Å². The molecule has 7 nitrogen and oxygen atoms in total. The summed E-state index contributed by atoms with van der Waals surface area (Å²) in [7, 11) is -3.63. The third-order valence-electron chi connectivity index (χ3n) is 2.76. The zero-order valence-corrected chi connectivity index (χ0v) is 14.1. The second-order valence-electron chi connectivity index (χ2n) is 5.73. The fourth-order valence-corrected chi connectivity index (χ4v) is 2.65. The molecule has 1 N–H and O–H groups in total. The van der Waals surface area contributed by atoms with Gasteiger partial charge in [0, 0.05) is 24.6 Å². The minimum Gasteiger partial charge on any atom is -0.339 e. The Hall–Kier alpha value is -1.51. The van der Waals surface area contributed by atoms with Gasteiger partial charge in [-0.2, -0.15) is 4.98 Å². The van der Waals surface area contributed by atoms with Gasteiger partial charge in [0.2, 0.25) is 15.9 Å². The number of hydrogen-bond donors (Lipinski definition) is 1. The molecule has 0 aromatic carbocycles. The first-order chi connectivity index (χ1) is 10.2. The molecule has 0 fully saturated rings. The lowest BCUT2D eigenvalue weighted by molar-refractivity contribution is 0.318. The van der Waals surface area contributed by atoms with Crippen LogP contribution in [0.3, 0.4) is 0 Å². The lowest BCUT2D eigenvalue weighted by Crippen LogP contribution is -2.26. The van der Waals surface area contributed by atoms with Crippen molar-refractivity contribution in [3.8, 4) is 0 Å². The van der Waals surface area contributed by atoms with Crippen molar-refractivity contribution in [2.75, 3.05) is 6.54 Å². The highest BCUT2D eigenvalue weighted by Gasteiger charge is 2.22. The lowest BCUT2D eigenvalue weighted by atomic mass is 9.97. The topological polar surface area (TPSA) is 98.0 Å². The van der Waals surface area contributed by atoms with Gasteiger partial charge in [-0.1, -0.05) is 37.5 Å². The second kappa shape index (κ2) is 6.31. The van der Waals surface area contributed by atoms with E-state index in [1.807, 2.05) is 20.8 Å². The summed E-state index contributed by atoms with van der Waals surface area (Å²) in [4.78, 5) is 8.05. The van der Waals surface area contributed by atoms with Crippen LogP contribution in [-0.2, 0) is 21.9 Å². The molecule has 2 rings (SSSR count). The molecule has 0 unspecified atom stereocenters. The molecule has 0 saturated carbocycles. The second-order valence-corrected chi connectivity index (χ2v) is 7.88. The number of sulfonamides is 1. The molecule has 0 aliphatic heterocycles. The standard InChI is InChI=1S/C13H17ClN4O3S/c1-13(2,3)12-17-11(18-21-12)6-7-16-22(19,20)9-4-5-10(14)15-8-9/h4-5,8,16H,6-7H2,1-3H3. The van der Waals surface area contributed by atoms with Crippen molar-refractivity contribution in [3.05, 3.63) is 35.2 Å². The number of aromatic nitrogens is 3. The molecule has 22 heavy (non-hydrogen) atoms. The Morgan fingerprint density at radius 1 is 1.32 bits per heavy atom. The van der Waals surface area contributed by atoms with Gasteiger partial charge in [0.15, 0.2) is 5.82 Å². The summed E-state index contributed by atoms with van der Waals surface area (Å²) in [6, 6.07) is 2.81. The van der Waals surface area contributed by atoms with E-state index >= 15 is 0 Å². The summed E-state index contributed by atoms with van der Waals surface area (Å²) >= 11 is 5.63. The van der Waals surface area contributed by atoms with Crippen molar-refractivity contribution in [2.24, 2.45) is 0 Å². The zero-order chi connectivity index (χ0) is 16.4. The molecule has 120 valence electrons. The van der Waals surface area contributed by atoms with Crippen LogP contribution >= 0.6 is 11.6 Å². The minimum atomic E-state index is -3.63. The summed E-state index contributed by atoms with van der Waals surface area (Å²) in [5, 5.41) is 4.07. The highest BCUT2D eigenvalue weighted by atomic mass is 35.5. The van der Waals surface area contributed by atoms with Crippen LogP contribution in [0.4, 0.5) is 0 Å². The summed E-state index contributed by atoms with van der Waals surface area (Å²) in [6.07, 6.45) is 1.54. The maximum atomic E-state index is 12.0. The maximum absolute atomic E-state index is 12.0. The first-order valence-electron chi connectivity index (χ1n) is 6.63. The summed E-state index contributed by atoms with van der Waals surface area (Å²) in [5.74, 6) is 0.981. The number of rotatable bonds is 5. The summed E-state index contributed by atoms with van der Waals surface area (Å²) < 4.78 is 31.7. The quantitative estimate of drug-likeness (QED) is 0.832. The van der Waals surface area contributed by atoms with E-state index in [1.165, 1.54) is 18.3 Å². The molecule has 0 aliphatic carbocycles. The van der Waals surface area contributed by atoms with E-state index in [9.17, 15) is 8.42 Å². The molecule has 2 aromatic rings. The molecular formula is C13H17ClN4O3S. The lowest BCUT2D eigenvalue weighted by Gasteiger charge is -2.10. The number of nitrogens with zero attached hydrogens (tertiary/aromatic N) is 3. The molecular weight excluding hydrogens is 328 g/mol. The Kier molecular flexibility index (Phi) is 4.84. The Balaban J connectivity index is 1.95. The van der Waals surface area contributed by atoms with Crippen molar-refractivity contribution in [3.63, 3.8) is 0 Å². The molecule has 9 heteroatoms. The van der Waals surface area contributed by atoms with Gasteiger partial charge in [-0.05, 0) is 12.1 Å². The number of pyridine rings is 1. The maximum Gasteiger partial charge on any atom is 0.242 e. The summed E-state index contributed by atoms with van der Waals surface area (Å²) in [5.41, 5.74) is -0.236. The zero-order valence-electron chi connectivity index (χ0n) is 12.5. The monoisotopic (exact) mass is 344 g/mol. The first kappa shape index (κ1) is 16.9. The molecule has 0 atom stereocenters. The van der Waals surface area contributed by atoms with Crippen LogP contribution in [0, 0.1) is 0 Å². The first-order valence-corrected chi connectivity index (χ1v) is 8.49. The molecule has 2 aromatic heterocycles. The van der Waals surface area contributed by atoms with Crippen LogP contribution in [0.5, 0.6) is 0 Å². The van der Waals surface area contributed by atoms with Gasteiger partial charge in [0.25, 0.3) is 0 Å². The Morgan fingerprint density at radius 2 is 2.05 bits per heavy atom. The Labute approximate surface area is 134 Å². The fourth-order valence-electron chi connectivity index (χ4n) is 1.56. The van der Waals surface area contributed by atoms with Crippen molar-refractivity contribution >= 4 is 21.6 Å². The van der Waals surface area contributed by atoms with Crippen molar-refractivity contribution in [1.82, 2.24) is 19.8 Å². The average molecular weight is 345 g/mol. The van der Waals surface area contributed by atoms with Gasteiger partial charge >= 0.3 is 0 Å². The Morgan fingerprint density at radius 3 is 2.59 bits per heavy atom. The highest BCUT2D eigenvalue weighted by molar-refractivity contribution is 7.89. The molecule has 2 heterocycles. The van der Waals surface area contributed by atoms with Gasteiger partial charge in [-0.25, -0.2) is 18.1 Å². The average Bonchev–Trinajstić information content (AvgIpc) is 2.88. The fraction of sp³-hybridized carbons (Fsp3) is 0.462. The normalized spacial score (nSPS) is 12.5. The molecule has 0 spiro atoms. The van der Waals surface area contributed by atoms with Crippen molar-refractivity contribution in [2.45, 2.75) is 37.5 Å². The third-order valence-corrected chi connectivity index (χ3v) is 4.43. The van der Waals surface area contributed by atoms with Gasteiger partial charge in [-0.3, -0.25) is 0 Å². The van der Waals surface area contributed by atoms with Crippen LogP contribution in [0.2, 0.25) is 5.15 Å². The molecule has 0 bridgehead atoms. The van der Waals surface area contributed by atoms with Crippen LogP contribution < -0.4 is 4.72 Å². The van der Waals surface area contributed by atoms with E-state index in [0.717, 1.165) is 0 Å². The number of hydrogen-bond acceptors (Lipinski definition) is 6. The van der Waals surface area contributed by atoms with Crippen molar-refractivity contribution < 1.29 is 12.9 Å². The van der Waals surface area contributed by atoms with Gasteiger partial charge in [0.1, 0.15) is 10.0 Å². The SMILES string of the molecule is CC(C)(C)c1nc(CCNS(=O)(=O)c2ccc(Cl)nc2)no1. The van der Waals surface area contributed by atoms with E-state index < -0.39 is 10.0 Å². The van der Waals surface area contributed by atoms with E-state index in [0.29, 0.717) is 18.1 Å². The molecule has 0 aliphatic rings. The van der Waals surface area contributed by atoms with Crippen molar-refractivity contribution in [1.29, 1.82) is 0 Å². The largest absolute Gasteiger partial charge is 0.339 e. The molecule has 0 radical (unpaired) electrons. The van der Waals surface area contributed by atoms with Crippen LogP contribution in [0.1, 0.15) is 32.5 Å². The third kappa shape index (κ3) is 4.25. The number of halogens is 1. The smallest absolute Gasteiger partial charge is 0.242 e. The predicted molar refractivity (Wildman–Crippen MR) is 81.1 cm³/mol. The summed E-state index contributed by atoms with van der Waals surface area (Å²) in [6.45, 7) is 6.04. The van der Waals surface area contributed by atoms with Gasteiger partial charge in [-0.15, -0.1) is 0 Å². The minimum absolute atomic E-state index is 0.0559.